The Balaban J connectivity index is 1.07. The number of aryl methyl sites for hydroxylation is 2. The van der Waals surface area contributed by atoms with Crippen molar-refractivity contribution >= 4 is 68.3 Å². The number of nitrogens with zero attached hydrogens (tertiary/aromatic N) is 11. The van der Waals surface area contributed by atoms with E-state index < -0.39 is 0 Å². The lowest BCUT2D eigenvalue weighted by Gasteiger charge is -2.13. The second-order valence-corrected chi connectivity index (χ2v) is 11.5. The summed E-state index contributed by atoms with van der Waals surface area (Å²) in [5.41, 5.74) is 4.99. The number of phenolic OH excluding ortho intramolecular Hbond substituents is 2. The predicted molar refractivity (Wildman–Crippen MR) is 193 cm³/mol. The Morgan fingerprint density at radius 2 is 1.06 bits per heavy atom. The number of pyridine rings is 4. The normalized spacial score (nSPS) is 11.6. The Hall–Kier alpha value is -6.74. The summed E-state index contributed by atoms with van der Waals surface area (Å²) in [5, 5.41) is 45.7. The SMILES string of the molecule is Cc1nc2c(N=Nc3ccccn3)ccc(O)c2cc1CNc1nc(Cl)nc(NCc2cc3c(O)ccc(N=Nc4ccccn4)c3nc2C)n1. The fourth-order valence-electron chi connectivity index (χ4n) is 5.14. The van der Waals surface area contributed by atoms with E-state index in [0.717, 1.165) is 11.1 Å². The molecule has 0 spiro atoms. The minimum absolute atomic E-state index is 0.0159. The number of hydrogen-bond donors (Lipinski definition) is 4. The van der Waals surface area contributed by atoms with Crippen molar-refractivity contribution in [3.63, 3.8) is 0 Å². The summed E-state index contributed by atoms with van der Waals surface area (Å²) >= 11 is 6.28. The third-order valence-corrected chi connectivity index (χ3v) is 7.94. The van der Waals surface area contributed by atoms with Crippen LogP contribution < -0.4 is 10.6 Å². The summed E-state index contributed by atoms with van der Waals surface area (Å²) in [6.07, 6.45) is 3.27. The molecule has 15 nitrogen and oxygen atoms in total. The summed E-state index contributed by atoms with van der Waals surface area (Å²) in [4.78, 5) is 30.7. The van der Waals surface area contributed by atoms with Crippen LogP contribution in [0.2, 0.25) is 5.28 Å². The van der Waals surface area contributed by atoms with Crippen LogP contribution >= 0.6 is 11.6 Å². The average Bonchev–Trinajstić information content (AvgIpc) is 3.13. The topological polar surface area (TPSA) is 204 Å². The summed E-state index contributed by atoms with van der Waals surface area (Å²) in [6, 6.07) is 20.8. The number of benzene rings is 2. The van der Waals surface area contributed by atoms with E-state index in [1.807, 2.05) is 38.1 Å². The van der Waals surface area contributed by atoms with Crippen LogP contribution in [0.4, 0.5) is 34.9 Å². The quantitative estimate of drug-likeness (QED) is 0.0997. The number of hydrogen-bond acceptors (Lipinski definition) is 15. The van der Waals surface area contributed by atoms with Gasteiger partial charge in [0.25, 0.3) is 0 Å². The van der Waals surface area contributed by atoms with Crippen LogP contribution in [0.3, 0.4) is 0 Å². The Kier molecular flexibility index (Phi) is 9.26. The van der Waals surface area contributed by atoms with Crippen molar-refractivity contribution in [2.24, 2.45) is 20.5 Å². The van der Waals surface area contributed by atoms with Gasteiger partial charge in [-0.25, -0.2) is 9.97 Å². The second kappa shape index (κ2) is 14.4. The van der Waals surface area contributed by atoms with Crippen LogP contribution in [0, 0.1) is 13.8 Å². The van der Waals surface area contributed by atoms with E-state index in [1.54, 1.807) is 60.9 Å². The maximum absolute atomic E-state index is 10.6. The number of halogens is 1. The highest BCUT2D eigenvalue weighted by molar-refractivity contribution is 6.28. The van der Waals surface area contributed by atoms with Crippen molar-refractivity contribution in [1.29, 1.82) is 0 Å². The van der Waals surface area contributed by atoms with Crippen LogP contribution in [-0.2, 0) is 13.1 Å². The van der Waals surface area contributed by atoms with Gasteiger partial charge in [0.15, 0.2) is 11.6 Å². The Morgan fingerprint density at radius 1 is 0.588 bits per heavy atom. The van der Waals surface area contributed by atoms with Crippen LogP contribution in [-0.4, -0.2) is 45.1 Å². The minimum atomic E-state index is -0.0159. The number of nitrogens with one attached hydrogen (secondary N) is 2. The van der Waals surface area contributed by atoms with Crippen molar-refractivity contribution in [3.8, 4) is 11.5 Å². The number of fused-ring (bicyclic) bond motifs is 2. The molecular weight excluding hydrogens is 670 g/mol. The van der Waals surface area contributed by atoms with E-state index in [1.165, 1.54) is 0 Å². The fourth-order valence-corrected chi connectivity index (χ4v) is 5.30. The van der Waals surface area contributed by atoms with Gasteiger partial charge in [0.2, 0.25) is 17.2 Å². The van der Waals surface area contributed by atoms with Gasteiger partial charge < -0.3 is 20.8 Å². The molecule has 0 unspecified atom stereocenters. The van der Waals surface area contributed by atoms with Gasteiger partial charge in [-0.2, -0.15) is 15.0 Å². The maximum atomic E-state index is 10.6. The zero-order valence-corrected chi connectivity index (χ0v) is 27.9. The number of aromatic nitrogens is 7. The molecule has 0 saturated carbocycles. The Bertz CT molecular complexity index is 2280. The molecule has 0 radical (unpaired) electrons. The van der Waals surface area contributed by atoms with Crippen LogP contribution in [0.5, 0.6) is 11.5 Å². The monoisotopic (exact) mass is 697 g/mol. The van der Waals surface area contributed by atoms with Crippen LogP contribution in [0.1, 0.15) is 22.5 Å². The number of azo groups is 2. The van der Waals surface area contributed by atoms with Crippen LogP contribution in [0.15, 0.2) is 106 Å². The summed E-state index contributed by atoms with van der Waals surface area (Å²) in [7, 11) is 0. The summed E-state index contributed by atoms with van der Waals surface area (Å²) < 4.78 is 0. The first kappa shape index (κ1) is 32.8. The van der Waals surface area contributed by atoms with Crippen molar-refractivity contribution in [2.75, 3.05) is 10.6 Å². The summed E-state index contributed by atoms with van der Waals surface area (Å²) in [5.74, 6) is 1.49. The number of phenols is 2. The largest absolute Gasteiger partial charge is 0.507 e. The van der Waals surface area contributed by atoms with E-state index >= 15 is 0 Å². The molecule has 16 heteroatoms. The highest BCUT2D eigenvalue weighted by Gasteiger charge is 2.14. The van der Waals surface area contributed by atoms with Gasteiger partial charge in [-0.05, 0) is 97.2 Å². The van der Waals surface area contributed by atoms with E-state index in [4.69, 9.17) is 21.6 Å². The van der Waals surface area contributed by atoms with Gasteiger partial charge in [-0.15, -0.1) is 20.5 Å². The molecule has 0 fully saturated rings. The van der Waals surface area contributed by atoms with Gasteiger partial charge in [0, 0.05) is 47.6 Å². The Labute approximate surface area is 295 Å². The lowest BCUT2D eigenvalue weighted by molar-refractivity contribution is 0.481. The molecule has 0 aliphatic carbocycles. The van der Waals surface area contributed by atoms with Crippen molar-refractivity contribution in [3.05, 3.63) is 113 Å². The maximum Gasteiger partial charge on any atom is 0.229 e. The third kappa shape index (κ3) is 7.47. The molecule has 5 heterocycles. The molecule has 0 aliphatic heterocycles. The van der Waals surface area contributed by atoms with Crippen molar-refractivity contribution in [1.82, 2.24) is 34.9 Å². The van der Waals surface area contributed by atoms with Crippen molar-refractivity contribution < 1.29 is 10.2 Å². The zero-order chi connectivity index (χ0) is 35.3. The van der Waals surface area contributed by atoms with E-state index in [0.29, 0.717) is 56.2 Å². The third-order valence-electron chi connectivity index (χ3n) is 7.77. The standard InChI is InChI=1S/C35H28ClN13O2/c1-19-21(15-23-27(50)11-9-25(31(23)41-19)46-48-29-7-3-5-13-37-29)17-39-34-43-33(36)44-35(45-34)40-18-22-16-24-28(51)12-10-26(32(24)42-20(22)2)47-49-30-8-4-6-14-38-30/h3-16,50-51H,17-18H2,1-2H3,(H2,39,40,43,44,45). The van der Waals surface area contributed by atoms with Gasteiger partial charge in [-0.3, -0.25) is 9.97 Å². The highest BCUT2D eigenvalue weighted by atomic mass is 35.5. The van der Waals surface area contributed by atoms with Gasteiger partial charge >= 0.3 is 0 Å². The second-order valence-electron chi connectivity index (χ2n) is 11.2. The first-order chi connectivity index (χ1) is 24.8. The Morgan fingerprint density at radius 3 is 1.49 bits per heavy atom. The van der Waals surface area contributed by atoms with Crippen LogP contribution in [0.25, 0.3) is 21.8 Å². The van der Waals surface area contributed by atoms with Gasteiger partial charge in [0.05, 0.1) is 0 Å². The van der Waals surface area contributed by atoms with E-state index in [-0.39, 0.29) is 41.8 Å². The predicted octanol–water partition coefficient (Wildman–Crippen LogP) is 8.49. The summed E-state index contributed by atoms with van der Waals surface area (Å²) in [6.45, 7) is 4.27. The fraction of sp³-hybridized carbons (Fsp3) is 0.114. The molecule has 2 aromatic carbocycles. The molecule has 0 bridgehead atoms. The zero-order valence-electron chi connectivity index (χ0n) is 27.2. The van der Waals surface area contributed by atoms with Gasteiger partial charge in [-0.1, -0.05) is 12.1 Å². The molecular formula is C35H28ClN13O2. The minimum Gasteiger partial charge on any atom is -0.507 e. The molecule has 51 heavy (non-hydrogen) atoms. The molecule has 5 aromatic heterocycles. The van der Waals surface area contributed by atoms with Gasteiger partial charge in [0.1, 0.15) is 33.9 Å². The average molecular weight is 698 g/mol. The molecule has 0 atom stereocenters. The molecule has 7 rings (SSSR count). The smallest absolute Gasteiger partial charge is 0.229 e. The molecule has 0 aliphatic rings. The molecule has 0 amide bonds. The molecule has 252 valence electrons. The lowest BCUT2D eigenvalue weighted by atomic mass is 10.1. The number of aromatic hydroxyl groups is 2. The molecule has 4 N–H and O–H groups in total. The van der Waals surface area contributed by atoms with Crippen molar-refractivity contribution in [2.45, 2.75) is 26.9 Å². The number of anilines is 2. The lowest BCUT2D eigenvalue weighted by Crippen LogP contribution is -2.11. The molecule has 0 saturated heterocycles. The first-order valence-electron chi connectivity index (χ1n) is 15.6. The first-order valence-corrected chi connectivity index (χ1v) is 16.0. The molecule has 7 aromatic rings. The van der Waals surface area contributed by atoms with E-state index in [2.05, 4.69) is 56.0 Å². The number of rotatable bonds is 10. The highest BCUT2D eigenvalue weighted by Crippen LogP contribution is 2.35. The van der Waals surface area contributed by atoms with E-state index in [9.17, 15) is 10.2 Å².